The number of halogens is 1. The Kier molecular flexibility index (Phi) is 6.38. The molecule has 1 N–H and O–H groups in total. The van der Waals surface area contributed by atoms with Crippen LogP contribution in [-0.4, -0.2) is 16.9 Å². The topological polar surface area (TPSA) is 42.0 Å². The van der Waals surface area contributed by atoms with E-state index < -0.39 is 0 Å². The van der Waals surface area contributed by atoms with Crippen molar-refractivity contribution >= 4 is 29.3 Å². The molecule has 1 fully saturated rings. The van der Waals surface area contributed by atoms with Gasteiger partial charge in [0.1, 0.15) is 0 Å². The summed E-state index contributed by atoms with van der Waals surface area (Å²) in [6.45, 7) is 2.29. The molecule has 0 unspecified atom stereocenters. The fourth-order valence-electron chi connectivity index (χ4n) is 3.09. The predicted molar refractivity (Wildman–Crippen MR) is 104 cm³/mol. The molecular weight excluding hydrogens is 352 g/mol. The second kappa shape index (κ2) is 8.72. The molecule has 25 heavy (non-hydrogen) atoms. The summed E-state index contributed by atoms with van der Waals surface area (Å²) in [4.78, 5) is 18.0. The Balaban J connectivity index is 1.63. The lowest BCUT2D eigenvalue weighted by atomic mass is 9.87. The molecule has 0 spiro atoms. The third kappa shape index (κ3) is 5.23. The molecule has 1 aromatic heterocycles. The lowest BCUT2D eigenvalue weighted by Crippen LogP contribution is -2.37. The number of carbonyl (C=O) groups excluding carboxylic acids is 1. The van der Waals surface area contributed by atoms with Gasteiger partial charge in [-0.1, -0.05) is 30.7 Å². The van der Waals surface area contributed by atoms with Crippen LogP contribution in [0, 0.1) is 5.92 Å². The monoisotopic (exact) mass is 374 g/mol. The van der Waals surface area contributed by atoms with E-state index in [0.29, 0.717) is 16.8 Å². The molecule has 1 aliphatic rings. The summed E-state index contributed by atoms with van der Waals surface area (Å²) in [5.74, 6) is 1.53. The smallest absolute Gasteiger partial charge is 0.252 e. The van der Waals surface area contributed by atoms with Gasteiger partial charge in [-0.05, 0) is 55.9 Å². The van der Waals surface area contributed by atoms with Crippen molar-refractivity contribution in [2.24, 2.45) is 5.92 Å². The SMILES string of the molecule is CC1CCC(NC(=O)c2ccccc2SCc2ccc(Cl)cn2)CC1. The van der Waals surface area contributed by atoms with Gasteiger partial charge in [-0.15, -0.1) is 11.8 Å². The van der Waals surface area contributed by atoms with Crippen molar-refractivity contribution in [3.8, 4) is 0 Å². The molecule has 5 heteroatoms. The fourth-order valence-corrected chi connectivity index (χ4v) is 4.17. The number of hydrogen-bond acceptors (Lipinski definition) is 3. The lowest BCUT2D eigenvalue weighted by molar-refractivity contribution is 0.0920. The highest BCUT2D eigenvalue weighted by atomic mass is 35.5. The third-order valence-electron chi connectivity index (χ3n) is 4.65. The maximum atomic E-state index is 12.7. The van der Waals surface area contributed by atoms with Crippen molar-refractivity contribution in [2.75, 3.05) is 0 Å². The Labute approximate surface area is 158 Å². The predicted octanol–water partition coefficient (Wildman–Crippen LogP) is 5.34. The Bertz CT molecular complexity index is 712. The van der Waals surface area contributed by atoms with Gasteiger partial charge in [0.2, 0.25) is 0 Å². The highest BCUT2D eigenvalue weighted by Gasteiger charge is 2.21. The van der Waals surface area contributed by atoms with E-state index in [0.717, 1.165) is 34.9 Å². The molecule has 0 atom stereocenters. The largest absolute Gasteiger partial charge is 0.349 e. The van der Waals surface area contributed by atoms with E-state index in [2.05, 4.69) is 17.2 Å². The number of amides is 1. The van der Waals surface area contributed by atoms with Crippen LogP contribution in [-0.2, 0) is 5.75 Å². The van der Waals surface area contributed by atoms with Crippen molar-refractivity contribution in [2.45, 2.75) is 49.3 Å². The highest BCUT2D eigenvalue weighted by Crippen LogP contribution is 2.27. The molecule has 0 aliphatic heterocycles. The van der Waals surface area contributed by atoms with Crippen molar-refractivity contribution < 1.29 is 4.79 Å². The van der Waals surface area contributed by atoms with Crippen molar-refractivity contribution in [3.05, 3.63) is 58.9 Å². The van der Waals surface area contributed by atoms with E-state index in [1.807, 2.05) is 36.4 Å². The first-order valence-corrected chi connectivity index (χ1v) is 10.1. The summed E-state index contributed by atoms with van der Waals surface area (Å²) in [5, 5.41) is 3.85. The first kappa shape index (κ1) is 18.3. The van der Waals surface area contributed by atoms with Gasteiger partial charge in [0.15, 0.2) is 0 Å². The number of aromatic nitrogens is 1. The van der Waals surface area contributed by atoms with Gasteiger partial charge in [-0.2, -0.15) is 0 Å². The number of nitrogens with one attached hydrogen (secondary N) is 1. The molecule has 0 radical (unpaired) electrons. The van der Waals surface area contributed by atoms with E-state index >= 15 is 0 Å². The lowest BCUT2D eigenvalue weighted by Gasteiger charge is -2.27. The average molecular weight is 375 g/mol. The van der Waals surface area contributed by atoms with E-state index in [1.54, 1.807) is 18.0 Å². The van der Waals surface area contributed by atoms with Crippen LogP contribution in [0.25, 0.3) is 0 Å². The van der Waals surface area contributed by atoms with Crippen LogP contribution in [0.2, 0.25) is 5.02 Å². The molecule has 1 saturated carbocycles. The van der Waals surface area contributed by atoms with Crippen LogP contribution in [0.15, 0.2) is 47.5 Å². The third-order valence-corrected chi connectivity index (χ3v) is 5.98. The van der Waals surface area contributed by atoms with Gasteiger partial charge < -0.3 is 5.32 Å². The van der Waals surface area contributed by atoms with E-state index in [9.17, 15) is 4.79 Å². The molecule has 1 amide bonds. The summed E-state index contributed by atoms with van der Waals surface area (Å²) in [5.41, 5.74) is 1.70. The van der Waals surface area contributed by atoms with Crippen molar-refractivity contribution in [1.82, 2.24) is 10.3 Å². The number of rotatable bonds is 5. The van der Waals surface area contributed by atoms with Crippen LogP contribution in [0.4, 0.5) is 0 Å². The number of nitrogens with zero attached hydrogens (tertiary/aromatic N) is 1. The highest BCUT2D eigenvalue weighted by molar-refractivity contribution is 7.98. The average Bonchev–Trinajstić information content (AvgIpc) is 2.63. The molecular formula is C20H23ClN2OS. The summed E-state index contributed by atoms with van der Waals surface area (Å²) in [6, 6.07) is 11.9. The minimum atomic E-state index is 0.0340. The van der Waals surface area contributed by atoms with E-state index in [1.165, 1.54) is 12.8 Å². The van der Waals surface area contributed by atoms with Gasteiger partial charge in [0.05, 0.1) is 16.3 Å². The number of pyridine rings is 1. The molecule has 1 heterocycles. The zero-order chi connectivity index (χ0) is 17.6. The standard InChI is InChI=1S/C20H23ClN2OS/c1-14-6-9-16(10-7-14)23-20(24)18-4-2-3-5-19(18)25-13-17-11-8-15(21)12-22-17/h2-5,8,11-12,14,16H,6-7,9-10,13H2,1H3,(H,23,24). The maximum absolute atomic E-state index is 12.7. The van der Waals surface area contributed by atoms with Crippen LogP contribution < -0.4 is 5.32 Å². The molecule has 0 saturated heterocycles. The zero-order valence-corrected chi connectivity index (χ0v) is 15.9. The van der Waals surface area contributed by atoms with Gasteiger partial charge in [-0.3, -0.25) is 9.78 Å². The second-order valence-corrected chi connectivity index (χ2v) is 8.14. The van der Waals surface area contributed by atoms with Gasteiger partial charge in [0, 0.05) is 22.9 Å². The van der Waals surface area contributed by atoms with Crippen molar-refractivity contribution in [3.63, 3.8) is 0 Å². The normalized spacial score (nSPS) is 20.2. The van der Waals surface area contributed by atoms with Crippen molar-refractivity contribution in [1.29, 1.82) is 0 Å². The van der Waals surface area contributed by atoms with Crippen LogP contribution in [0.5, 0.6) is 0 Å². The van der Waals surface area contributed by atoms with Crippen LogP contribution in [0.3, 0.4) is 0 Å². The Morgan fingerprint density at radius 3 is 2.68 bits per heavy atom. The van der Waals surface area contributed by atoms with Crippen LogP contribution >= 0.6 is 23.4 Å². The molecule has 0 bridgehead atoms. The summed E-state index contributed by atoms with van der Waals surface area (Å²) in [7, 11) is 0. The van der Waals surface area contributed by atoms with Gasteiger partial charge in [-0.25, -0.2) is 0 Å². The Morgan fingerprint density at radius 2 is 1.96 bits per heavy atom. The van der Waals surface area contributed by atoms with E-state index in [-0.39, 0.29) is 5.91 Å². The first-order chi connectivity index (χ1) is 12.1. The molecule has 132 valence electrons. The second-order valence-electron chi connectivity index (χ2n) is 6.68. The zero-order valence-electron chi connectivity index (χ0n) is 14.4. The molecule has 3 rings (SSSR count). The number of carbonyl (C=O) groups is 1. The Hall–Kier alpha value is -1.52. The summed E-state index contributed by atoms with van der Waals surface area (Å²) >= 11 is 7.51. The van der Waals surface area contributed by atoms with Gasteiger partial charge >= 0.3 is 0 Å². The van der Waals surface area contributed by atoms with Gasteiger partial charge in [0.25, 0.3) is 5.91 Å². The number of benzene rings is 1. The molecule has 1 aromatic carbocycles. The number of thioether (sulfide) groups is 1. The maximum Gasteiger partial charge on any atom is 0.252 e. The minimum absolute atomic E-state index is 0.0340. The molecule has 1 aliphatic carbocycles. The summed E-state index contributed by atoms with van der Waals surface area (Å²) < 4.78 is 0. The molecule has 2 aromatic rings. The molecule has 3 nitrogen and oxygen atoms in total. The Morgan fingerprint density at radius 1 is 1.20 bits per heavy atom. The summed E-state index contributed by atoms with van der Waals surface area (Å²) in [6.07, 6.45) is 6.21. The van der Waals surface area contributed by atoms with Crippen LogP contribution in [0.1, 0.15) is 48.7 Å². The minimum Gasteiger partial charge on any atom is -0.349 e. The van der Waals surface area contributed by atoms with E-state index in [4.69, 9.17) is 11.6 Å². The first-order valence-electron chi connectivity index (χ1n) is 8.75. The number of hydrogen-bond donors (Lipinski definition) is 1. The fraction of sp³-hybridized carbons (Fsp3) is 0.400. The quantitative estimate of drug-likeness (QED) is 0.718.